The molecule has 0 saturated heterocycles. The van der Waals surface area contributed by atoms with E-state index in [1.807, 2.05) is 6.92 Å². The number of nitrogens with zero attached hydrogens (tertiary/aromatic N) is 3. The van der Waals surface area contributed by atoms with Crippen molar-refractivity contribution in [2.75, 3.05) is 38.2 Å². The Morgan fingerprint density at radius 1 is 1.28 bits per heavy atom. The van der Waals surface area contributed by atoms with Gasteiger partial charge in [-0.2, -0.15) is 0 Å². The molecule has 0 bridgehead atoms. The molecule has 0 fully saturated rings. The number of nitrogens with one attached hydrogen (secondary N) is 1. The zero-order valence-electron chi connectivity index (χ0n) is 12.0. The molecule has 0 aromatic carbocycles. The van der Waals surface area contributed by atoms with Crippen molar-refractivity contribution >= 4 is 11.6 Å². The van der Waals surface area contributed by atoms with E-state index >= 15 is 0 Å². The highest BCUT2D eigenvalue weighted by Crippen LogP contribution is 2.17. The average molecular weight is 251 g/mol. The van der Waals surface area contributed by atoms with Crippen LogP contribution >= 0.6 is 0 Å². The Morgan fingerprint density at radius 3 is 2.61 bits per heavy atom. The Kier molecular flexibility index (Phi) is 5.85. The van der Waals surface area contributed by atoms with E-state index in [1.54, 1.807) is 0 Å². The molecule has 5 nitrogen and oxygen atoms in total. The monoisotopic (exact) mass is 251 g/mol. The predicted molar refractivity (Wildman–Crippen MR) is 76.8 cm³/mol. The van der Waals surface area contributed by atoms with Gasteiger partial charge in [-0.25, -0.2) is 9.97 Å². The zero-order valence-corrected chi connectivity index (χ0v) is 12.0. The molecule has 0 saturated carbocycles. The number of rotatable bonds is 7. The van der Waals surface area contributed by atoms with E-state index in [1.165, 1.54) is 0 Å². The molecule has 0 aliphatic rings. The van der Waals surface area contributed by atoms with Crippen LogP contribution in [0.25, 0.3) is 0 Å². The third kappa shape index (κ3) is 4.49. The van der Waals surface area contributed by atoms with E-state index in [2.05, 4.69) is 41.2 Å². The highest BCUT2D eigenvalue weighted by atomic mass is 15.1. The Balaban J connectivity index is 2.63. The standard InChI is InChI=1S/C13H25N5/c1-5-7-11-16-12(14)10(2)13(17-11)15-8-6-9-18(3)4/h5-9H2,1-4H3,(H3,14,15,16,17). The Bertz CT molecular complexity index is 376. The molecular formula is C13H25N5. The molecule has 1 heterocycles. The lowest BCUT2D eigenvalue weighted by molar-refractivity contribution is 0.405. The van der Waals surface area contributed by atoms with Gasteiger partial charge in [0.1, 0.15) is 17.5 Å². The van der Waals surface area contributed by atoms with E-state index in [-0.39, 0.29) is 0 Å². The zero-order chi connectivity index (χ0) is 13.5. The highest BCUT2D eigenvalue weighted by Gasteiger charge is 2.07. The maximum absolute atomic E-state index is 5.90. The number of nitrogens with two attached hydrogens (primary N) is 1. The van der Waals surface area contributed by atoms with Crippen molar-refractivity contribution in [3.8, 4) is 0 Å². The van der Waals surface area contributed by atoms with Gasteiger partial charge < -0.3 is 16.0 Å². The van der Waals surface area contributed by atoms with E-state index in [0.29, 0.717) is 5.82 Å². The summed E-state index contributed by atoms with van der Waals surface area (Å²) in [4.78, 5) is 11.0. The number of anilines is 2. The van der Waals surface area contributed by atoms with Crippen LogP contribution in [0, 0.1) is 6.92 Å². The van der Waals surface area contributed by atoms with Crippen molar-refractivity contribution in [2.45, 2.75) is 33.1 Å². The summed E-state index contributed by atoms with van der Waals surface area (Å²) in [6.07, 6.45) is 2.99. The van der Waals surface area contributed by atoms with Gasteiger partial charge in [-0.1, -0.05) is 6.92 Å². The fourth-order valence-electron chi connectivity index (χ4n) is 1.69. The minimum absolute atomic E-state index is 0.587. The highest BCUT2D eigenvalue weighted by molar-refractivity contribution is 5.54. The van der Waals surface area contributed by atoms with Crippen molar-refractivity contribution in [1.29, 1.82) is 0 Å². The second-order valence-corrected chi connectivity index (χ2v) is 4.83. The molecule has 5 heteroatoms. The number of hydrogen-bond donors (Lipinski definition) is 2. The van der Waals surface area contributed by atoms with Gasteiger partial charge >= 0.3 is 0 Å². The van der Waals surface area contributed by atoms with Crippen LogP contribution in [0.1, 0.15) is 31.2 Å². The third-order valence-electron chi connectivity index (χ3n) is 2.78. The lowest BCUT2D eigenvalue weighted by Gasteiger charge is -2.13. The SMILES string of the molecule is CCCc1nc(N)c(C)c(NCCCN(C)C)n1. The van der Waals surface area contributed by atoms with Crippen molar-refractivity contribution in [1.82, 2.24) is 14.9 Å². The number of aromatic nitrogens is 2. The molecule has 3 N–H and O–H groups in total. The van der Waals surface area contributed by atoms with E-state index in [9.17, 15) is 0 Å². The van der Waals surface area contributed by atoms with Crippen LogP contribution in [-0.4, -0.2) is 42.1 Å². The smallest absolute Gasteiger partial charge is 0.134 e. The van der Waals surface area contributed by atoms with Crippen molar-refractivity contribution < 1.29 is 0 Å². The third-order valence-corrected chi connectivity index (χ3v) is 2.78. The van der Waals surface area contributed by atoms with Crippen LogP contribution in [0.2, 0.25) is 0 Å². The average Bonchev–Trinajstić information content (AvgIpc) is 2.30. The summed E-state index contributed by atoms with van der Waals surface area (Å²) in [5.74, 6) is 2.30. The van der Waals surface area contributed by atoms with E-state index in [0.717, 1.165) is 49.6 Å². The molecule has 1 aromatic heterocycles. The lowest BCUT2D eigenvalue weighted by atomic mass is 10.2. The number of nitrogen functional groups attached to an aromatic ring is 1. The summed E-state index contributed by atoms with van der Waals surface area (Å²) in [6, 6.07) is 0. The molecule has 0 aliphatic heterocycles. The number of aryl methyl sites for hydroxylation is 1. The fourth-order valence-corrected chi connectivity index (χ4v) is 1.69. The molecule has 0 amide bonds. The normalized spacial score (nSPS) is 10.9. The minimum Gasteiger partial charge on any atom is -0.383 e. The van der Waals surface area contributed by atoms with Crippen molar-refractivity contribution in [3.05, 3.63) is 11.4 Å². The van der Waals surface area contributed by atoms with Gasteiger partial charge in [-0.05, 0) is 40.4 Å². The minimum atomic E-state index is 0.587. The summed E-state index contributed by atoms with van der Waals surface area (Å²) in [7, 11) is 4.15. The lowest BCUT2D eigenvalue weighted by Crippen LogP contribution is -2.17. The topological polar surface area (TPSA) is 67.1 Å². The second-order valence-electron chi connectivity index (χ2n) is 4.83. The molecule has 0 unspecified atom stereocenters. The maximum atomic E-state index is 5.90. The Labute approximate surface area is 110 Å². The molecule has 18 heavy (non-hydrogen) atoms. The molecule has 0 radical (unpaired) electrons. The summed E-state index contributed by atoms with van der Waals surface area (Å²) in [6.45, 7) is 6.04. The van der Waals surface area contributed by atoms with Crippen LogP contribution < -0.4 is 11.1 Å². The summed E-state index contributed by atoms with van der Waals surface area (Å²) >= 11 is 0. The first kappa shape index (κ1) is 14.7. The molecular weight excluding hydrogens is 226 g/mol. The second kappa shape index (κ2) is 7.16. The molecule has 0 aliphatic carbocycles. The van der Waals surface area contributed by atoms with Crippen LogP contribution in [-0.2, 0) is 6.42 Å². The summed E-state index contributed by atoms with van der Waals surface area (Å²) < 4.78 is 0. The number of hydrogen-bond acceptors (Lipinski definition) is 5. The largest absolute Gasteiger partial charge is 0.383 e. The Hall–Kier alpha value is -1.36. The van der Waals surface area contributed by atoms with Gasteiger partial charge in [-0.3, -0.25) is 0 Å². The maximum Gasteiger partial charge on any atom is 0.134 e. The quantitative estimate of drug-likeness (QED) is 0.722. The van der Waals surface area contributed by atoms with Gasteiger partial charge in [0.05, 0.1) is 0 Å². The predicted octanol–water partition coefficient (Wildman–Crippen LogP) is 1.68. The van der Waals surface area contributed by atoms with Crippen molar-refractivity contribution in [3.63, 3.8) is 0 Å². The van der Waals surface area contributed by atoms with Gasteiger partial charge in [0.25, 0.3) is 0 Å². The molecule has 1 rings (SSSR count). The summed E-state index contributed by atoms with van der Waals surface area (Å²) in [5, 5.41) is 3.35. The first-order valence-electron chi connectivity index (χ1n) is 6.56. The van der Waals surface area contributed by atoms with Crippen LogP contribution in [0.4, 0.5) is 11.6 Å². The van der Waals surface area contributed by atoms with Gasteiger partial charge in [0, 0.05) is 18.5 Å². The first-order chi connectivity index (χ1) is 8.54. The molecule has 1 aromatic rings. The van der Waals surface area contributed by atoms with Crippen LogP contribution in [0.15, 0.2) is 0 Å². The van der Waals surface area contributed by atoms with Gasteiger partial charge in [0.15, 0.2) is 0 Å². The van der Waals surface area contributed by atoms with Gasteiger partial charge in [-0.15, -0.1) is 0 Å². The Morgan fingerprint density at radius 2 is 2.00 bits per heavy atom. The van der Waals surface area contributed by atoms with Gasteiger partial charge in [0.2, 0.25) is 0 Å². The van der Waals surface area contributed by atoms with Crippen LogP contribution in [0.5, 0.6) is 0 Å². The molecule has 0 atom stereocenters. The van der Waals surface area contributed by atoms with E-state index < -0.39 is 0 Å². The molecule has 0 spiro atoms. The van der Waals surface area contributed by atoms with E-state index in [4.69, 9.17) is 5.73 Å². The fraction of sp³-hybridized carbons (Fsp3) is 0.692. The molecule has 102 valence electrons. The first-order valence-corrected chi connectivity index (χ1v) is 6.56. The van der Waals surface area contributed by atoms with Crippen LogP contribution in [0.3, 0.4) is 0 Å². The van der Waals surface area contributed by atoms with Crippen molar-refractivity contribution in [2.24, 2.45) is 0 Å². The summed E-state index contributed by atoms with van der Waals surface area (Å²) in [5.41, 5.74) is 6.85.